The first-order valence-electron chi connectivity index (χ1n) is 7.64. The van der Waals surface area contributed by atoms with Crippen molar-refractivity contribution in [1.29, 1.82) is 0 Å². The Morgan fingerprint density at radius 3 is 2.55 bits per heavy atom. The maximum Gasteiger partial charge on any atom is 0.303 e. The molecule has 1 atom stereocenters. The topological polar surface area (TPSA) is 40.5 Å². The highest BCUT2D eigenvalue weighted by molar-refractivity contribution is 5.67. The Kier molecular flexibility index (Phi) is 5.60. The van der Waals surface area contributed by atoms with E-state index in [9.17, 15) is 4.79 Å². The van der Waals surface area contributed by atoms with Crippen LogP contribution >= 0.6 is 0 Å². The number of carboxylic acid groups (broad SMARTS) is 1. The van der Waals surface area contributed by atoms with Gasteiger partial charge in [-0.3, -0.25) is 4.79 Å². The number of carbonyl (C=O) groups is 1. The van der Waals surface area contributed by atoms with Crippen LogP contribution in [0.15, 0.2) is 30.3 Å². The van der Waals surface area contributed by atoms with Crippen molar-refractivity contribution in [1.82, 2.24) is 4.90 Å². The molecule has 2 rings (SSSR count). The van der Waals surface area contributed by atoms with E-state index in [1.807, 2.05) is 0 Å². The Hall–Kier alpha value is -1.35. The monoisotopic (exact) mass is 275 g/mol. The highest BCUT2D eigenvalue weighted by atomic mass is 16.4. The standard InChI is InChI=1S/C17H25NO2/c1-14(16-5-3-2-4-6-16)7-10-18-11-8-15(9-12-18)13-17(19)20/h2-6,14-15H,7-13H2,1H3,(H,19,20). The normalized spacial score (nSPS) is 18.9. The number of hydrogen-bond acceptors (Lipinski definition) is 2. The summed E-state index contributed by atoms with van der Waals surface area (Å²) in [5.74, 6) is 0.324. The maximum atomic E-state index is 10.7. The predicted octanol–water partition coefficient (Wildman–Crippen LogP) is 3.37. The van der Waals surface area contributed by atoms with Gasteiger partial charge in [0.2, 0.25) is 0 Å². The average molecular weight is 275 g/mol. The lowest BCUT2D eigenvalue weighted by Gasteiger charge is -2.32. The molecule has 1 aromatic rings. The van der Waals surface area contributed by atoms with E-state index in [1.165, 1.54) is 12.0 Å². The summed E-state index contributed by atoms with van der Waals surface area (Å²) in [5.41, 5.74) is 1.41. The van der Waals surface area contributed by atoms with Gasteiger partial charge in [0.25, 0.3) is 0 Å². The molecular weight excluding hydrogens is 250 g/mol. The van der Waals surface area contributed by atoms with E-state index in [2.05, 4.69) is 42.2 Å². The number of benzene rings is 1. The summed E-state index contributed by atoms with van der Waals surface area (Å²) in [6.45, 7) is 5.52. The molecule has 1 aliphatic heterocycles. The Labute approximate surface area is 121 Å². The molecule has 3 heteroatoms. The summed E-state index contributed by atoms with van der Waals surface area (Å²) in [6, 6.07) is 10.7. The molecule has 0 amide bonds. The van der Waals surface area contributed by atoms with Crippen LogP contribution < -0.4 is 0 Å². The van der Waals surface area contributed by atoms with Crippen molar-refractivity contribution in [2.75, 3.05) is 19.6 Å². The number of piperidine rings is 1. The fourth-order valence-corrected chi connectivity index (χ4v) is 2.99. The molecule has 1 saturated heterocycles. The van der Waals surface area contributed by atoms with Crippen molar-refractivity contribution in [3.05, 3.63) is 35.9 Å². The van der Waals surface area contributed by atoms with E-state index in [-0.39, 0.29) is 0 Å². The molecule has 0 spiro atoms. The minimum atomic E-state index is -0.652. The van der Waals surface area contributed by atoms with E-state index in [0.717, 1.165) is 32.5 Å². The lowest BCUT2D eigenvalue weighted by Crippen LogP contribution is -2.35. The highest BCUT2D eigenvalue weighted by Crippen LogP contribution is 2.23. The van der Waals surface area contributed by atoms with Gasteiger partial charge in [0, 0.05) is 6.42 Å². The Bertz CT molecular complexity index is 410. The van der Waals surface area contributed by atoms with Gasteiger partial charge in [-0.2, -0.15) is 0 Å². The van der Waals surface area contributed by atoms with Crippen LogP contribution in [0.1, 0.15) is 44.1 Å². The predicted molar refractivity (Wildman–Crippen MR) is 80.9 cm³/mol. The molecule has 1 heterocycles. The fourth-order valence-electron chi connectivity index (χ4n) is 2.99. The lowest BCUT2D eigenvalue weighted by atomic mass is 9.92. The van der Waals surface area contributed by atoms with Gasteiger partial charge in [0.05, 0.1) is 0 Å². The fraction of sp³-hybridized carbons (Fsp3) is 0.588. The van der Waals surface area contributed by atoms with E-state index in [1.54, 1.807) is 0 Å². The van der Waals surface area contributed by atoms with E-state index in [0.29, 0.717) is 18.3 Å². The maximum absolute atomic E-state index is 10.7. The minimum absolute atomic E-state index is 0.342. The van der Waals surface area contributed by atoms with Gasteiger partial charge in [-0.05, 0) is 56.3 Å². The van der Waals surface area contributed by atoms with Crippen LogP contribution in [-0.2, 0) is 4.79 Å². The first kappa shape index (κ1) is 15.0. The SMILES string of the molecule is CC(CCN1CCC(CC(=O)O)CC1)c1ccccc1. The quantitative estimate of drug-likeness (QED) is 0.865. The zero-order valence-electron chi connectivity index (χ0n) is 12.3. The van der Waals surface area contributed by atoms with E-state index in [4.69, 9.17) is 5.11 Å². The van der Waals surface area contributed by atoms with Gasteiger partial charge >= 0.3 is 5.97 Å². The van der Waals surface area contributed by atoms with Crippen LogP contribution in [0.3, 0.4) is 0 Å². The molecule has 0 radical (unpaired) electrons. The van der Waals surface area contributed by atoms with Crippen LogP contribution in [0.4, 0.5) is 0 Å². The molecule has 1 aromatic carbocycles. The largest absolute Gasteiger partial charge is 0.481 e. The number of likely N-dealkylation sites (tertiary alicyclic amines) is 1. The molecule has 1 N–H and O–H groups in total. The second kappa shape index (κ2) is 7.44. The number of aliphatic carboxylic acids is 1. The molecular formula is C17H25NO2. The third-order valence-corrected chi connectivity index (χ3v) is 4.42. The van der Waals surface area contributed by atoms with Crippen molar-refractivity contribution in [2.24, 2.45) is 5.92 Å². The smallest absolute Gasteiger partial charge is 0.303 e. The summed E-state index contributed by atoms with van der Waals surface area (Å²) in [5, 5.41) is 8.82. The molecule has 0 aliphatic carbocycles. The van der Waals surface area contributed by atoms with Crippen LogP contribution in [-0.4, -0.2) is 35.6 Å². The summed E-state index contributed by atoms with van der Waals surface area (Å²) >= 11 is 0. The number of rotatable bonds is 6. The Morgan fingerprint density at radius 2 is 1.95 bits per heavy atom. The second-order valence-corrected chi connectivity index (χ2v) is 5.98. The number of carboxylic acids is 1. The number of nitrogens with zero attached hydrogens (tertiary/aromatic N) is 1. The minimum Gasteiger partial charge on any atom is -0.481 e. The zero-order valence-corrected chi connectivity index (χ0v) is 12.3. The van der Waals surface area contributed by atoms with Crippen LogP contribution in [0.5, 0.6) is 0 Å². The lowest BCUT2D eigenvalue weighted by molar-refractivity contribution is -0.138. The first-order chi connectivity index (χ1) is 9.65. The van der Waals surface area contributed by atoms with E-state index >= 15 is 0 Å². The molecule has 0 saturated carbocycles. The summed E-state index contributed by atoms with van der Waals surface area (Å²) < 4.78 is 0. The van der Waals surface area contributed by atoms with Crippen molar-refractivity contribution in [3.8, 4) is 0 Å². The second-order valence-electron chi connectivity index (χ2n) is 5.98. The van der Waals surface area contributed by atoms with Crippen molar-refractivity contribution >= 4 is 5.97 Å². The third-order valence-electron chi connectivity index (χ3n) is 4.42. The van der Waals surface area contributed by atoms with Crippen LogP contribution in [0, 0.1) is 5.92 Å². The highest BCUT2D eigenvalue weighted by Gasteiger charge is 2.21. The zero-order chi connectivity index (χ0) is 14.4. The third kappa shape index (κ3) is 4.64. The van der Waals surface area contributed by atoms with Gasteiger partial charge in [-0.15, -0.1) is 0 Å². The van der Waals surface area contributed by atoms with Crippen molar-refractivity contribution in [3.63, 3.8) is 0 Å². The number of hydrogen-bond donors (Lipinski definition) is 1. The molecule has 1 fully saturated rings. The molecule has 0 bridgehead atoms. The van der Waals surface area contributed by atoms with Gasteiger partial charge < -0.3 is 10.0 Å². The molecule has 1 aliphatic rings. The summed E-state index contributed by atoms with van der Waals surface area (Å²) in [6.07, 6.45) is 3.58. The van der Waals surface area contributed by atoms with Crippen molar-refractivity contribution < 1.29 is 9.90 Å². The van der Waals surface area contributed by atoms with Crippen molar-refractivity contribution in [2.45, 2.75) is 38.5 Å². The molecule has 110 valence electrons. The van der Waals surface area contributed by atoms with E-state index < -0.39 is 5.97 Å². The average Bonchev–Trinajstić information content (AvgIpc) is 2.46. The Morgan fingerprint density at radius 1 is 1.30 bits per heavy atom. The van der Waals surface area contributed by atoms with Crippen LogP contribution in [0.2, 0.25) is 0 Å². The van der Waals surface area contributed by atoms with Gasteiger partial charge in [-0.25, -0.2) is 0 Å². The molecule has 0 aromatic heterocycles. The molecule has 1 unspecified atom stereocenters. The van der Waals surface area contributed by atoms with Gasteiger partial charge in [-0.1, -0.05) is 37.3 Å². The molecule has 20 heavy (non-hydrogen) atoms. The van der Waals surface area contributed by atoms with Gasteiger partial charge in [0.1, 0.15) is 0 Å². The first-order valence-corrected chi connectivity index (χ1v) is 7.64. The van der Waals surface area contributed by atoms with Gasteiger partial charge in [0.15, 0.2) is 0 Å². The summed E-state index contributed by atoms with van der Waals surface area (Å²) in [7, 11) is 0. The molecule has 3 nitrogen and oxygen atoms in total. The Balaban J connectivity index is 1.70. The van der Waals surface area contributed by atoms with Crippen LogP contribution in [0.25, 0.3) is 0 Å². The summed E-state index contributed by atoms with van der Waals surface area (Å²) in [4.78, 5) is 13.2.